The summed E-state index contributed by atoms with van der Waals surface area (Å²) in [5, 5.41) is 4.00. The van der Waals surface area contributed by atoms with Crippen molar-refractivity contribution in [2.75, 3.05) is 16.8 Å². The standard InChI is InChI=1S/C26H25N5OS/c1-3-14-31(17(2)25-29-21-6-4-5-7-22(21)30-25)20-8-9-23-18(15-20)16-24(33-23)26(32)28-19-10-12-27-13-11-19/h4-13,15-17H,3,14H2,1-2H3,(H,29,30)(H,27,28,32). The van der Waals surface area contributed by atoms with Crippen molar-refractivity contribution < 1.29 is 4.79 Å². The van der Waals surface area contributed by atoms with Crippen LogP contribution in [0.5, 0.6) is 0 Å². The van der Waals surface area contributed by atoms with Gasteiger partial charge in [-0.15, -0.1) is 11.3 Å². The zero-order valence-electron chi connectivity index (χ0n) is 18.6. The maximum atomic E-state index is 12.7. The second kappa shape index (κ2) is 9.03. The highest BCUT2D eigenvalue weighted by Gasteiger charge is 2.20. The van der Waals surface area contributed by atoms with E-state index in [2.05, 4.69) is 58.3 Å². The van der Waals surface area contributed by atoms with Crippen LogP contribution in [0.25, 0.3) is 21.1 Å². The van der Waals surface area contributed by atoms with E-state index in [1.54, 1.807) is 24.5 Å². The number of anilines is 2. The van der Waals surface area contributed by atoms with E-state index in [9.17, 15) is 4.79 Å². The molecule has 5 rings (SSSR count). The molecule has 6 nitrogen and oxygen atoms in total. The minimum Gasteiger partial charge on any atom is -0.362 e. The van der Waals surface area contributed by atoms with Gasteiger partial charge in [-0.05, 0) is 67.3 Å². The maximum absolute atomic E-state index is 12.7. The maximum Gasteiger partial charge on any atom is 0.265 e. The summed E-state index contributed by atoms with van der Waals surface area (Å²) in [5.74, 6) is 0.845. The Morgan fingerprint density at radius 2 is 1.94 bits per heavy atom. The summed E-state index contributed by atoms with van der Waals surface area (Å²) in [4.78, 5) is 28.1. The molecule has 1 amide bonds. The van der Waals surface area contributed by atoms with Gasteiger partial charge in [0, 0.05) is 35.0 Å². The lowest BCUT2D eigenvalue weighted by atomic mass is 10.1. The molecule has 0 fully saturated rings. The monoisotopic (exact) mass is 455 g/mol. The zero-order valence-corrected chi connectivity index (χ0v) is 19.4. The molecule has 1 atom stereocenters. The van der Waals surface area contributed by atoms with Crippen LogP contribution in [0.15, 0.2) is 73.1 Å². The third kappa shape index (κ3) is 4.32. The number of aromatic nitrogens is 3. The number of carbonyl (C=O) groups excluding carboxylic acids is 1. The van der Waals surface area contributed by atoms with Crippen molar-refractivity contribution >= 4 is 49.7 Å². The molecule has 3 aromatic heterocycles. The molecule has 0 radical (unpaired) electrons. The van der Waals surface area contributed by atoms with E-state index in [4.69, 9.17) is 4.98 Å². The van der Waals surface area contributed by atoms with Crippen LogP contribution in [0.2, 0.25) is 0 Å². The van der Waals surface area contributed by atoms with Crippen molar-refractivity contribution in [1.29, 1.82) is 0 Å². The summed E-state index contributed by atoms with van der Waals surface area (Å²) in [6, 6.07) is 20.1. The topological polar surface area (TPSA) is 73.9 Å². The number of aromatic amines is 1. The van der Waals surface area contributed by atoms with Gasteiger partial charge in [-0.3, -0.25) is 9.78 Å². The number of hydrogen-bond donors (Lipinski definition) is 2. The molecule has 0 aliphatic carbocycles. The van der Waals surface area contributed by atoms with Gasteiger partial charge in [-0.2, -0.15) is 0 Å². The van der Waals surface area contributed by atoms with E-state index >= 15 is 0 Å². The van der Waals surface area contributed by atoms with Gasteiger partial charge in [0.15, 0.2) is 0 Å². The Kier molecular flexibility index (Phi) is 5.79. The van der Waals surface area contributed by atoms with Gasteiger partial charge >= 0.3 is 0 Å². The Hall–Kier alpha value is -3.71. The molecular weight excluding hydrogens is 430 g/mol. The Morgan fingerprint density at radius 3 is 2.73 bits per heavy atom. The average molecular weight is 456 g/mol. The van der Waals surface area contributed by atoms with E-state index in [1.807, 2.05) is 24.3 Å². The summed E-state index contributed by atoms with van der Waals surface area (Å²) in [7, 11) is 0. The number of rotatable bonds is 7. The second-order valence-electron chi connectivity index (χ2n) is 8.03. The molecule has 0 aliphatic rings. The Balaban J connectivity index is 1.43. The zero-order chi connectivity index (χ0) is 22.8. The van der Waals surface area contributed by atoms with Gasteiger partial charge in [0.1, 0.15) is 5.82 Å². The number of nitrogens with zero attached hydrogens (tertiary/aromatic N) is 3. The molecule has 0 aliphatic heterocycles. The average Bonchev–Trinajstić information content (AvgIpc) is 3.46. The van der Waals surface area contributed by atoms with Gasteiger partial charge in [0.05, 0.1) is 22.0 Å². The molecule has 0 bridgehead atoms. The number of para-hydroxylation sites is 2. The second-order valence-corrected chi connectivity index (χ2v) is 9.12. The molecular formula is C26H25N5OS. The first-order valence-corrected chi connectivity index (χ1v) is 11.9. The summed E-state index contributed by atoms with van der Waals surface area (Å²) >= 11 is 1.50. The fourth-order valence-corrected chi connectivity index (χ4v) is 4.99. The molecule has 0 saturated carbocycles. The van der Waals surface area contributed by atoms with Crippen LogP contribution in [-0.2, 0) is 0 Å². The largest absolute Gasteiger partial charge is 0.362 e. The number of benzene rings is 2. The van der Waals surface area contributed by atoms with Crippen LogP contribution in [-0.4, -0.2) is 27.4 Å². The van der Waals surface area contributed by atoms with Crippen molar-refractivity contribution in [3.8, 4) is 0 Å². The summed E-state index contributed by atoms with van der Waals surface area (Å²) < 4.78 is 1.09. The summed E-state index contributed by atoms with van der Waals surface area (Å²) in [6.45, 7) is 5.27. The van der Waals surface area contributed by atoms with Gasteiger partial charge < -0.3 is 15.2 Å². The number of nitrogens with one attached hydrogen (secondary N) is 2. The summed E-state index contributed by atoms with van der Waals surface area (Å²) in [6.07, 6.45) is 4.35. The number of fused-ring (bicyclic) bond motifs is 2. The van der Waals surface area contributed by atoms with Crippen LogP contribution in [0, 0.1) is 0 Å². The van der Waals surface area contributed by atoms with Crippen LogP contribution < -0.4 is 10.2 Å². The van der Waals surface area contributed by atoms with Crippen LogP contribution in [0.4, 0.5) is 11.4 Å². The van der Waals surface area contributed by atoms with Crippen molar-refractivity contribution in [2.24, 2.45) is 0 Å². The summed E-state index contributed by atoms with van der Waals surface area (Å²) in [5.41, 5.74) is 3.89. The molecule has 3 heterocycles. The minimum atomic E-state index is -0.106. The number of amides is 1. The van der Waals surface area contributed by atoms with E-state index in [-0.39, 0.29) is 11.9 Å². The van der Waals surface area contributed by atoms with Crippen LogP contribution in [0.3, 0.4) is 0 Å². The van der Waals surface area contributed by atoms with E-state index in [1.165, 1.54) is 11.3 Å². The Bertz CT molecular complexity index is 1380. The first kappa shape index (κ1) is 21.2. The highest BCUT2D eigenvalue weighted by Crippen LogP contribution is 2.33. The van der Waals surface area contributed by atoms with E-state index < -0.39 is 0 Å². The third-order valence-corrected chi connectivity index (χ3v) is 6.84. The normalized spacial score (nSPS) is 12.2. The lowest BCUT2D eigenvalue weighted by molar-refractivity contribution is 0.103. The quantitative estimate of drug-likeness (QED) is 0.298. The molecule has 1 unspecified atom stereocenters. The number of pyridine rings is 1. The Labute approximate surface area is 196 Å². The fraction of sp³-hybridized carbons (Fsp3) is 0.192. The number of carbonyl (C=O) groups is 1. The van der Waals surface area contributed by atoms with Gasteiger partial charge in [-0.1, -0.05) is 19.1 Å². The first-order chi connectivity index (χ1) is 16.1. The highest BCUT2D eigenvalue weighted by atomic mass is 32.1. The molecule has 0 spiro atoms. The number of thiophene rings is 1. The predicted octanol–water partition coefficient (Wildman–Crippen LogP) is 6.40. The van der Waals surface area contributed by atoms with E-state index in [0.717, 1.165) is 51.3 Å². The fourth-order valence-electron chi connectivity index (χ4n) is 4.05. The smallest absolute Gasteiger partial charge is 0.265 e. The molecule has 166 valence electrons. The van der Waals surface area contributed by atoms with Crippen molar-refractivity contribution in [2.45, 2.75) is 26.3 Å². The third-order valence-electron chi connectivity index (χ3n) is 5.73. The lowest BCUT2D eigenvalue weighted by Crippen LogP contribution is -2.28. The minimum absolute atomic E-state index is 0.0860. The predicted molar refractivity (Wildman–Crippen MR) is 136 cm³/mol. The molecule has 0 saturated heterocycles. The number of imidazole rings is 1. The SMILES string of the molecule is CCCN(c1ccc2sc(C(=O)Nc3ccncc3)cc2c1)C(C)c1nc2ccccc2[nH]1. The van der Waals surface area contributed by atoms with Gasteiger partial charge in [0.2, 0.25) is 0 Å². The van der Waals surface area contributed by atoms with Crippen molar-refractivity contribution in [1.82, 2.24) is 15.0 Å². The number of hydrogen-bond acceptors (Lipinski definition) is 5. The molecule has 33 heavy (non-hydrogen) atoms. The lowest BCUT2D eigenvalue weighted by Gasteiger charge is -2.30. The molecule has 2 N–H and O–H groups in total. The molecule has 5 aromatic rings. The van der Waals surface area contributed by atoms with E-state index in [0.29, 0.717) is 4.88 Å². The van der Waals surface area contributed by atoms with Gasteiger partial charge in [-0.25, -0.2) is 4.98 Å². The molecule has 2 aromatic carbocycles. The molecule has 7 heteroatoms. The van der Waals surface area contributed by atoms with Gasteiger partial charge in [0.25, 0.3) is 5.91 Å². The Morgan fingerprint density at radius 1 is 1.12 bits per heavy atom. The van der Waals surface area contributed by atoms with Crippen molar-refractivity contribution in [3.63, 3.8) is 0 Å². The highest BCUT2D eigenvalue weighted by molar-refractivity contribution is 7.20. The van der Waals surface area contributed by atoms with Crippen LogP contribution >= 0.6 is 11.3 Å². The first-order valence-electron chi connectivity index (χ1n) is 11.1. The van der Waals surface area contributed by atoms with Crippen LogP contribution in [0.1, 0.15) is 41.8 Å². The van der Waals surface area contributed by atoms with Crippen molar-refractivity contribution in [3.05, 3.63) is 83.8 Å². The number of H-pyrrole nitrogens is 1.